The van der Waals surface area contributed by atoms with Crippen molar-refractivity contribution in [2.45, 2.75) is 32.7 Å². The minimum atomic E-state index is -5.02. The Bertz CT molecular complexity index is 605. The first kappa shape index (κ1) is 17.6. The minimum Gasteiger partial charge on any atom is -0.478 e. The van der Waals surface area contributed by atoms with Gasteiger partial charge in [0.25, 0.3) is 0 Å². The summed E-state index contributed by atoms with van der Waals surface area (Å²) in [6.07, 6.45) is -5.02. The molecule has 22 heavy (non-hydrogen) atoms. The van der Waals surface area contributed by atoms with Crippen LogP contribution in [0.15, 0.2) is 12.1 Å². The third kappa shape index (κ3) is 4.83. The molecule has 0 heterocycles. The summed E-state index contributed by atoms with van der Waals surface area (Å²) >= 11 is 0. The number of hydrogen-bond donors (Lipinski definition) is 2. The molecule has 0 radical (unpaired) electrons. The summed E-state index contributed by atoms with van der Waals surface area (Å²) in [5.41, 5.74) is 2.79. The van der Waals surface area contributed by atoms with Crippen LogP contribution >= 0.6 is 0 Å². The van der Waals surface area contributed by atoms with Crippen LogP contribution in [0.25, 0.3) is 0 Å². The zero-order valence-corrected chi connectivity index (χ0v) is 11.9. The van der Waals surface area contributed by atoms with Crippen LogP contribution in [0.5, 0.6) is 5.75 Å². The second kappa shape index (κ2) is 5.74. The largest absolute Gasteiger partial charge is 0.573 e. The number of benzene rings is 1. The number of halogens is 3. The number of nitrogens with two attached hydrogens (primary N) is 1. The fourth-order valence-corrected chi connectivity index (χ4v) is 1.56. The number of carbonyl (C=O) groups excluding carboxylic acids is 1. The van der Waals surface area contributed by atoms with Gasteiger partial charge in [-0.2, -0.15) is 0 Å². The third-order valence-corrected chi connectivity index (χ3v) is 2.21. The van der Waals surface area contributed by atoms with Gasteiger partial charge in [-0.3, -0.25) is 0 Å². The van der Waals surface area contributed by atoms with Gasteiger partial charge in [-0.05, 0) is 26.8 Å². The second-order valence-corrected chi connectivity index (χ2v) is 5.29. The molecule has 0 unspecified atom stereocenters. The number of rotatable bonds is 3. The van der Waals surface area contributed by atoms with E-state index in [2.05, 4.69) is 4.74 Å². The van der Waals surface area contributed by atoms with E-state index >= 15 is 0 Å². The fraction of sp³-hybridized carbons (Fsp3) is 0.385. The van der Waals surface area contributed by atoms with Crippen molar-refractivity contribution >= 4 is 17.6 Å². The quantitative estimate of drug-likeness (QED) is 0.656. The topological polar surface area (TPSA) is 98.9 Å². The van der Waals surface area contributed by atoms with E-state index in [0.717, 1.165) is 0 Å². The Hall–Kier alpha value is -2.45. The summed E-state index contributed by atoms with van der Waals surface area (Å²) in [4.78, 5) is 23.1. The molecule has 3 N–H and O–H groups in total. The smallest absolute Gasteiger partial charge is 0.478 e. The maximum Gasteiger partial charge on any atom is 0.573 e. The lowest BCUT2D eigenvalue weighted by molar-refractivity contribution is -0.274. The van der Waals surface area contributed by atoms with Crippen LogP contribution in [-0.2, 0) is 4.74 Å². The molecule has 0 spiro atoms. The Balaban J connectivity index is 3.34. The van der Waals surface area contributed by atoms with Gasteiger partial charge < -0.3 is 20.3 Å². The van der Waals surface area contributed by atoms with Gasteiger partial charge in [-0.25, -0.2) is 9.59 Å². The fourth-order valence-electron chi connectivity index (χ4n) is 1.56. The number of hydrogen-bond acceptors (Lipinski definition) is 5. The maximum atomic E-state index is 12.2. The Morgan fingerprint density at radius 3 is 2.14 bits per heavy atom. The summed E-state index contributed by atoms with van der Waals surface area (Å²) < 4.78 is 45.2. The maximum absolute atomic E-state index is 12.2. The van der Waals surface area contributed by atoms with E-state index < -0.39 is 46.5 Å². The monoisotopic (exact) mass is 321 g/mol. The molecule has 0 aromatic heterocycles. The normalized spacial score (nSPS) is 11.9. The Morgan fingerprint density at radius 1 is 1.18 bits per heavy atom. The Morgan fingerprint density at radius 2 is 1.73 bits per heavy atom. The molecule has 1 aromatic carbocycles. The Labute approximate surface area is 123 Å². The standard InChI is InChI=1S/C13H14F3NO5/c1-12(2,3)22-11(20)9-7(10(18)19)4-6(5-8(9)17)21-13(14,15)16/h4-5H,17H2,1-3H3,(H,18,19). The van der Waals surface area contributed by atoms with Gasteiger partial charge in [-0.15, -0.1) is 13.2 Å². The van der Waals surface area contributed by atoms with Crippen molar-refractivity contribution in [2.75, 3.05) is 5.73 Å². The predicted octanol–water partition coefficient (Wildman–Crippen LogP) is 2.82. The van der Waals surface area contributed by atoms with Gasteiger partial charge in [0.1, 0.15) is 11.4 Å². The first-order valence-electron chi connectivity index (χ1n) is 5.96. The van der Waals surface area contributed by atoms with Crippen molar-refractivity contribution < 1.29 is 37.3 Å². The van der Waals surface area contributed by atoms with Crippen molar-refractivity contribution in [1.29, 1.82) is 0 Å². The lowest BCUT2D eigenvalue weighted by atomic mass is 10.0. The van der Waals surface area contributed by atoms with E-state index in [1.54, 1.807) is 20.8 Å². The highest BCUT2D eigenvalue weighted by Crippen LogP contribution is 2.30. The van der Waals surface area contributed by atoms with Crippen LogP contribution in [0, 0.1) is 0 Å². The highest BCUT2D eigenvalue weighted by molar-refractivity contribution is 6.06. The van der Waals surface area contributed by atoms with Crippen LogP contribution in [-0.4, -0.2) is 29.0 Å². The summed E-state index contributed by atoms with van der Waals surface area (Å²) in [6, 6.07) is 1.27. The molecule has 0 aliphatic heterocycles. The molecule has 0 saturated heterocycles. The van der Waals surface area contributed by atoms with Crippen molar-refractivity contribution in [2.24, 2.45) is 0 Å². The van der Waals surface area contributed by atoms with Crippen LogP contribution in [0.1, 0.15) is 41.5 Å². The molecule has 0 fully saturated rings. The molecule has 122 valence electrons. The number of carbonyl (C=O) groups is 2. The van der Waals surface area contributed by atoms with Gasteiger partial charge in [-0.1, -0.05) is 0 Å². The van der Waals surface area contributed by atoms with Gasteiger partial charge in [0.15, 0.2) is 0 Å². The highest BCUT2D eigenvalue weighted by atomic mass is 19.4. The zero-order valence-electron chi connectivity index (χ0n) is 11.9. The number of aromatic carboxylic acids is 1. The lowest BCUT2D eigenvalue weighted by Crippen LogP contribution is -2.26. The van der Waals surface area contributed by atoms with Gasteiger partial charge >= 0.3 is 18.3 Å². The predicted molar refractivity (Wildman–Crippen MR) is 69.7 cm³/mol. The molecule has 0 atom stereocenters. The van der Waals surface area contributed by atoms with Crippen molar-refractivity contribution in [3.63, 3.8) is 0 Å². The lowest BCUT2D eigenvalue weighted by Gasteiger charge is -2.21. The highest BCUT2D eigenvalue weighted by Gasteiger charge is 2.33. The molecule has 0 saturated carbocycles. The summed E-state index contributed by atoms with van der Waals surface area (Å²) in [6.45, 7) is 4.63. The molecule has 0 aliphatic rings. The number of nitrogen functional groups attached to an aromatic ring is 1. The van der Waals surface area contributed by atoms with E-state index in [9.17, 15) is 22.8 Å². The molecule has 6 nitrogen and oxygen atoms in total. The number of esters is 1. The average molecular weight is 321 g/mol. The molecule has 9 heteroatoms. The van der Waals surface area contributed by atoms with Crippen molar-refractivity contribution in [3.8, 4) is 5.75 Å². The van der Waals surface area contributed by atoms with Crippen LogP contribution in [0.2, 0.25) is 0 Å². The van der Waals surface area contributed by atoms with E-state index in [1.165, 1.54) is 0 Å². The van der Waals surface area contributed by atoms with Gasteiger partial charge in [0.2, 0.25) is 0 Å². The second-order valence-electron chi connectivity index (χ2n) is 5.29. The summed E-state index contributed by atoms with van der Waals surface area (Å²) in [5.74, 6) is -3.53. The van der Waals surface area contributed by atoms with Crippen LogP contribution in [0.4, 0.5) is 18.9 Å². The molecule has 0 aliphatic carbocycles. The molecule has 0 bridgehead atoms. The number of carboxylic acids is 1. The van der Waals surface area contributed by atoms with Gasteiger partial charge in [0.05, 0.1) is 16.8 Å². The number of alkyl halides is 3. The molecular weight excluding hydrogens is 307 g/mol. The number of carboxylic acid groups (broad SMARTS) is 1. The van der Waals surface area contributed by atoms with Crippen molar-refractivity contribution in [1.82, 2.24) is 0 Å². The van der Waals surface area contributed by atoms with Crippen LogP contribution < -0.4 is 10.5 Å². The summed E-state index contributed by atoms with van der Waals surface area (Å²) in [7, 11) is 0. The van der Waals surface area contributed by atoms with E-state index in [1.807, 2.05) is 0 Å². The van der Waals surface area contributed by atoms with Crippen LogP contribution in [0.3, 0.4) is 0 Å². The molecular formula is C13H14F3NO5. The SMILES string of the molecule is CC(C)(C)OC(=O)c1c(N)cc(OC(F)(F)F)cc1C(=O)O. The van der Waals surface area contributed by atoms with Gasteiger partial charge in [0, 0.05) is 6.07 Å². The summed E-state index contributed by atoms with van der Waals surface area (Å²) in [5, 5.41) is 9.06. The zero-order chi connectivity index (χ0) is 17.3. The van der Waals surface area contributed by atoms with E-state index in [0.29, 0.717) is 12.1 Å². The minimum absolute atomic E-state index is 0.492. The number of ether oxygens (including phenoxy) is 2. The molecule has 0 amide bonds. The van der Waals surface area contributed by atoms with Crippen molar-refractivity contribution in [3.05, 3.63) is 23.3 Å². The Kier molecular flexibility index (Phi) is 4.59. The first-order chi connectivity index (χ1) is 9.80. The first-order valence-corrected chi connectivity index (χ1v) is 5.96. The molecule has 1 rings (SSSR count). The third-order valence-electron chi connectivity index (χ3n) is 2.21. The number of anilines is 1. The average Bonchev–Trinajstić information content (AvgIpc) is 2.22. The van der Waals surface area contributed by atoms with E-state index in [4.69, 9.17) is 15.6 Å². The molecule has 1 aromatic rings. The van der Waals surface area contributed by atoms with E-state index in [-0.39, 0.29) is 0 Å².